The van der Waals surface area contributed by atoms with Crippen LogP contribution in [0.3, 0.4) is 0 Å². The maximum Gasteiger partial charge on any atom is 0.417 e. The molecule has 0 aliphatic rings. The molecule has 0 N–H and O–H groups in total. The number of nitrogens with zero attached hydrogens (tertiary/aromatic N) is 1. The van der Waals surface area contributed by atoms with Crippen molar-refractivity contribution < 1.29 is 18.0 Å². The van der Waals surface area contributed by atoms with Crippen molar-refractivity contribution in [1.29, 1.82) is 0 Å². The molecule has 0 aromatic heterocycles. The molecule has 0 aliphatic heterocycles. The van der Waals surface area contributed by atoms with Gasteiger partial charge in [-0.2, -0.15) is 13.2 Å². The summed E-state index contributed by atoms with van der Waals surface area (Å²) >= 11 is 17.6. The first kappa shape index (κ1) is 18.9. The summed E-state index contributed by atoms with van der Waals surface area (Å²) in [6, 6.07) is 8.10. The van der Waals surface area contributed by atoms with E-state index in [0.717, 1.165) is 6.07 Å². The van der Waals surface area contributed by atoms with Gasteiger partial charge in [-0.15, -0.1) is 0 Å². The number of rotatable bonds is 4. The number of benzene rings is 2. The van der Waals surface area contributed by atoms with Gasteiger partial charge in [-0.05, 0) is 37.3 Å². The number of hydrogen-bond donors (Lipinski definition) is 0. The van der Waals surface area contributed by atoms with Crippen molar-refractivity contribution in [1.82, 2.24) is 0 Å². The third kappa shape index (κ3) is 4.79. The quantitative estimate of drug-likeness (QED) is 0.421. The van der Waals surface area contributed by atoms with Gasteiger partial charge in [-0.3, -0.25) is 0 Å². The van der Waals surface area contributed by atoms with E-state index in [9.17, 15) is 13.2 Å². The zero-order chi connectivity index (χ0) is 17.9. The van der Waals surface area contributed by atoms with Crippen molar-refractivity contribution in [3.63, 3.8) is 0 Å². The van der Waals surface area contributed by atoms with Gasteiger partial charge in [0.1, 0.15) is 6.61 Å². The van der Waals surface area contributed by atoms with Gasteiger partial charge < -0.3 is 4.84 Å². The van der Waals surface area contributed by atoms with Crippen molar-refractivity contribution in [3.05, 3.63) is 68.2 Å². The van der Waals surface area contributed by atoms with Gasteiger partial charge in [-0.1, -0.05) is 46.0 Å². The third-order valence-corrected chi connectivity index (χ3v) is 3.94. The van der Waals surface area contributed by atoms with Gasteiger partial charge in [0, 0.05) is 26.2 Å². The predicted molar refractivity (Wildman–Crippen MR) is 89.9 cm³/mol. The van der Waals surface area contributed by atoms with Crippen LogP contribution in [0.1, 0.15) is 23.6 Å². The van der Waals surface area contributed by atoms with Gasteiger partial charge >= 0.3 is 6.18 Å². The Bertz CT molecular complexity index is 776. The Hall–Kier alpha value is -1.43. The van der Waals surface area contributed by atoms with E-state index in [1.807, 2.05) is 0 Å². The predicted octanol–water partition coefficient (Wildman–Crippen LogP) is 6.61. The Kier molecular flexibility index (Phi) is 6.01. The van der Waals surface area contributed by atoms with E-state index in [2.05, 4.69) is 5.16 Å². The molecule has 0 saturated heterocycles. The highest BCUT2D eigenvalue weighted by molar-refractivity contribution is 6.35. The van der Waals surface area contributed by atoms with Gasteiger partial charge in [0.2, 0.25) is 0 Å². The van der Waals surface area contributed by atoms with Crippen molar-refractivity contribution in [2.45, 2.75) is 19.7 Å². The highest BCUT2D eigenvalue weighted by Crippen LogP contribution is 2.33. The van der Waals surface area contributed by atoms with Crippen LogP contribution < -0.4 is 0 Å². The lowest BCUT2D eigenvalue weighted by Crippen LogP contribution is -2.12. The molecule has 2 nitrogen and oxygen atoms in total. The minimum Gasteiger partial charge on any atom is -0.391 e. The number of halogens is 6. The van der Waals surface area contributed by atoms with E-state index >= 15 is 0 Å². The molecule has 0 atom stereocenters. The summed E-state index contributed by atoms with van der Waals surface area (Å²) in [5.74, 6) is 0. The first-order valence-corrected chi connectivity index (χ1v) is 7.79. The molecule has 0 spiro atoms. The topological polar surface area (TPSA) is 21.6 Å². The fourth-order valence-electron chi connectivity index (χ4n) is 1.95. The summed E-state index contributed by atoms with van der Waals surface area (Å²) in [5.41, 5.74) is -0.312. The zero-order valence-corrected chi connectivity index (χ0v) is 14.6. The summed E-state index contributed by atoms with van der Waals surface area (Å²) in [7, 11) is 0. The van der Waals surface area contributed by atoms with Gasteiger partial charge in [0.25, 0.3) is 0 Å². The van der Waals surface area contributed by atoms with Crippen LogP contribution in [0, 0.1) is 0 Å². The molecule has 0 amide bonds. The Morgan fingerprint density at radius 3 is 2.29 bits per heavy atom. The SMILES string of the molecule is CC(=NOCc1ccc(Cl)cc1Cl)c1cc(Cl)ccc1C(F)(F)F. The van der Waals surface area contributed by atoms with Crippen molar-refractivity contribution in [2.75, 3.05) is 0 Å². The fourth-order valence-corrected chi connectivity index (χ4v) is 2.58. The standard InChI is InChI=1S/C16H11Cl3F3NO/c1-9(13-6-11(17)4-5-14(13)16(20,21)22)23-24-8-10-2-3-12(18)7-15(10)19/h2-7H,8H2,1H3. The van der Waals surface area contributed by atoms with E-state index in [1.165, 1.54) is 25.1 Å². The van der Waals surface area contributed by atoms with Crippen LogP contribution in [0.15, 0.2) is 41.6 Å². The first-order chi connectivity index (χ1) is 11.2. The molecule has 0 bridgehead atoms. The minimum atomic E-state index is -4.52. The maximum absolute atomic E-state index is 13.0. The monoisotopic (exact) mass is 395 g/mol. The Morgan fingerprint density at radius 1 is 1.04 bits per heavy atom. The highest BCUT2D eigenvalue weighted by Gasteiger charge is 2.34. The number of hydrogen-bond acceptors (Lipinski definition) is 2. The molecule has 0 saturated carbocycles. The van der Waals surface area contributed by atoms with Crippen LogP contribution in [-0.4, -0.2) is 5.71 Å². The van der Waals surface area contributed by atoms with E-state index in [4.69, 9.17) is 39.6 Å². The number of oxime groups is 1. The van der Waals surface area contributed by atoms with E-state index < -0.39 is 11.7 Å². The minimum absolute atomic E-state index is 0.00470. The second-order valence-electron chi connectivity index (χ2n) is 4.87. The largest absolute Gasteiger partial charge is 0.417 e. The van der Waals surface area contributed by atoms with Crippen molar-refractivity contribution >= 4 is 40.5 Å². The molecule has 24 heavy (non-hydrogen) atoms. The zero-order valence-electron chi connectivity index (χ0n) is 12.3. The maximum atomic E-state index is 13.0. The lowest BCUT2D eigenvalue weighted by Gasteiger charge is -2.13. The Morgan fingerprint density at radius 2 is 1.67 bits per heavy atom. The van der Waals surface area contributed by atoms with Crippen LogP contribution in [0.4, 0.5) is 13.2 Å². The Labute approximate surface area is 151 Å². The molecular weight excluding hydrogens is 386 g/mol. The first-order valence-electron chi connectivity index (χ1n) is 6.66. The normalized spacial score (nSPS) is 12.4. The lowest BCUT2D eigenvalue weighted by atomic mass is 10.0. The van der Waals surface area contributed by atoms with Crippen LogP contribution >= 0.6 is 34.8 Å². The summed E-state index contributed by atoms with van der Waals surface area (Å²) in [6.45, 7) is 1.40. The molecule has 128 valence electrons. The van der Waals surface area contributed by atoms with Crippen LogP contribution in [0.25, 0.3) is 0 Å². The lowest BCUT2D eigenvalue weighted by molar-refractivity contribution is -0.137. The average Bonchev–Trinajstić information content (AvgIpc) is 2.48. The molecular formula is C16H11Cl3F3NO. The van der Waals surface area contributed by atoms with Crippen LogP contribution in [-0.2, 0) is 17.6 Å². The molecule has 0 unspecified atom stereocenters. The summed E-state index contributed by atoms with van der Waals surface area (Å²) in [6.07, 6.45) is -4.52. The van der Waals surface area contributed by atoms with Gasteiger partial charge in [-0.25, -0.2) is 0 Å². The van der Waals surface area contributed by atoms with Crippen molar-refractivity contribution in [3.8, 4) is 0 Å². The van der Waals surface area contributed by atoms with E-state index in [0.29, 0.717) is 15.6 Å². The molecule has 0 radical (unpaired) electrons. The molecule has 0 aliphatic carbocycles. The summed E-state index contributed by atoms with van der Waals surface area (Å²) in [5, 5.41) is 4.76. The fraction of sp³-hybridized carbons (Fsp3) is 0.188. The summed E-state index contributed by atoms with van der Waals surface area (Å²) in [4.78, 5) is 5.11. The van der Waals surface area contributed by atoms with Gasteiger partial charge in [0.15, 0.2) is 0 Å². The molecule has 0 heterocycles. The highest BCUT2D eigenvalue weighted by atomic mass is 35.5. The average molecular weight is 397 g/mol. The van der Waals surface area contributed by atoms with Gasteiger partial charge in [0.05, 0.1) is 11.3 Å². The second kappa shape index (κ2) is 7.64. The summed E-state index contributed by atoms with van der Waals surface area (Å²) < 4.78 is 39.1. The molecule has 0 fully saturated rings. The third-order valence-electron chi connectivity index (χ3n) is 3.11. The smallest absolute Gasteiger partial charge is 0.391 e. The molecule has 2 aromatic rings. The van der Waals surface area contributed by atoms with Crippen LogP contribution in [0.2, 0.25) is 15.1 Å². The molecule has 2 aromatic carbocycles. The molecule has 8 heteroatoms. The van der Waals surface area contributed by atoms with Crippen molar-refractivity contribution in [2.24, 2.45) is 5.16 Å². The Balaban J connectivity index is 2.21. The second-order valence-corrected chi connectivity index (χ2v) is 6.15. The van der Waals surface area contributed by atoms with E-state index in [-0.39, 0.29) is 22.9 Å². The van der Waals surface area contributed by atoms with Crippen LogP contribution in [0.5, 0.6) is 0 Å². The molecule has 2 rings (SSSR count). The number of alkyl halides is 3. The van der Waals surface area contributed by atoms with E-state index in [1.54, 1.807) is 12.1 Å².